The second-order valence-corrected chi connectivity index (χ2v) is 10.4. The van der Waals surface area contributed by atoms with Gasteiger partial charge in [-0.25, -0.2) is 0 Å². The summed E-state index contributed by atoms with van der Waals surface area (Å²) in [5.74, 6) is -0.405. The first-order chi connectivity index (χ1) is 18.6. The summed E-state index contributed by atoms with van der Waals surface area (Å²) < 4.78 is 0. The molecule has 2 N–H and O–H groups in total. The third kappa shape index (κ3) is 7.04. The second kappa shape index (κ2) is 13.2. The molecule has 0 unspecified atom stereocenters. The van der Waals surface area contributed by atoms with Gasteiger partial charge in [-0.2, -0.15) is 10.5 Å². The molecule has 0 saturated heterocycles. The molecule has 0 bridgehead atoms. The zero-order valence-electron chi connectivity index (χ0n) is 20.2. The molecule has 8 heteroatoms. The Hall–Kier alpha value is -4.50. The van der Waals surface area contributed by atoms with Crippen LogP contribution in [0.5, 0.6) is 0 Å². The highest BCUT2D eigenvalue weighted by atomic mass is 33.1. The summed E-state index contributed by atoms with van der Waals surface area (Å²) in [6.07, 6.45) is 0. The minimum Gasteiger partial charge on any atom is -0.348 e. The molecule has 0 aromatic heterocycles. The Kier molecular flexibility index (Phi) is 9.20. The molecule has 0 aliphatic carbocycles. The molecule has 0 saturated carbocycles. The number of hydrogen-bond acceptors (Lipinski definition) is 6. The molecule has 0 atom stereocenters. The number of carbonyl (C=O) groups is 2. The maximum Gasteiger partial charge on any atom is 0.252 e. The smallest absolute Gasteiger partial charge is 0.252 e. The maximum atomic E-state index is 12.9. The summed E-state index contributed by atoms with van der Waals surface area (Å²) in [5.41, 5.74) is 4.03. The molecule has 0 heterocycles. The van der Waals surface area contributed by atoms with Crippen LogP contribution in [0.3, 0.4) is 0 Å². The van der Waals surface area contributed by atoms with Crippen LogP contribution in [0, 0.1) is 22.7 Å². The van der Waals surface area contributed by atoms with E-state index in [1.807, 2.05) is 60.7 Å². The molecule has 38 heavy (non-hydrogen) atoms. The molecule has 0 aliphatic heterocycles. The first-order valence-corrected chi connectivity index (χ1v) is 13.8. The van der Waals surface area contributed by atoms with E-state index in [2.05, 4.69) is 22.8 Å². The van der Waals surface area contributed by atoms with Crippen molar-refractivity contribution in [3.8, 4) is 12.1 Å². The van der Waals surface area contributed by atoms with Crippen molar-refractivity contribution < 1.29 is 9.59 Å². The maximum absolute atomic E-state index is 12.9. The highest BCUT2D eigenvalue weighted by Gasteiger charge is 2.15. The van der Waals surface area contributed by atoms with Crippen LogP contribution in [0.4, 0.5) is 0 Å². The summed E-state index contributed by atoms with van der Waals surface area (Å²) in [7, 11) is 2.83. The van der Waals surface area contributed by atoms with Gasteiger partial charge in [-0.1, -0.05) is 70.1 Å². The van der Waals surface area contributed by atoms with Crippen molar-refractivity contribution >= 4 is 33.4 Å². The molecule has 0 spiro atoms. The predicted octanol–water partition coefficient (Wildman–Crippen LogP) is 6.09. The van der Waals surface area contributed by atoms with Crippen LogP contribution in [0.1, 0.15) is 43.0 Å². The van der Waals surface area contributed by atoms with E-state index in [0.29, 0.717) is 35.3 Å². The van der Waals surface area contributed by atoms with Gasteiger partial charge in [0.05, 0.1) is 34.4 Å². The van der Waals surface area contributed by atoms with E-state index in [1.54, 1.807) is 36.4 Å². The highest BCUT2D eigenvalue weighted by molar-refractivity contribution is 8.76. The second-order valence-electron chi connectivity index (χ2n) is 8.14. The number of amides is 2. The minimum atomic E-state index is -0.202. The van der Waals surface area contributed by atoms with Crippen LogP contribution in [0.25, 0.3) is 0 Å². The number of carbonyl (C=O) groups excluding carboxylic acids is 2. The quantitative estimate of drug-likeness (QED) is 0.252. The van der Waals surface area contributed by atoms with Crippen molar-refractivity contribution in [2.75, 3.05) is 0 Å². The van der Waals surface area contributed by atoms with E-state index in [9.17, 15) is 9.59 Å². The third-order valence-electron chi connectivity index (χ3n) is 5.56. The molecular weight excluding hydrogens is 512 g/mol. The Morgan fingerprint density at radius 3 is 1.32 bits per heavy atom. The number of nitriles is 2. The van der Waals surface area contributed by atoms with E-state index < -0.39 is 0 Å². The van der Waals surface area contributed by atoms with E-state index >= 15 is 0 Å². The molecule has 0 fully saturated rings. The van der Waals surface area contributed by atoms with Crippen LogP contribution in [-0.4, -0.2) is 11.8 Å². The molecule has 4 aromatic carbocycles. The molecule has 4 rings (SSSR count). The van der Waals surface area contributed by atoms with E-state index in [4.69, 9.17) is 10.5 Å². The zero-order chi connectivity index (χ0) is 26.7. The fourth-order valence-corrected chi connectivity index (χ4v) is 5.85. The summed E-state index contributed by atoms with van der Waals surface area (Å²) in [4.78, 5) is 27.4. The average molecular weight is 535 g/mol. The molecule has 2 amide bonds. The lowest BCUT2D eigenvalue weighted by Crippen LogP contribution is -2.23. The van der Waals surface area contributed by atoms with Crippen molar-refractivity contribution in [3.05, 3.63) is 130 Å². The van der Waals surface area contributed by atoms with Crippen molar-refractivity contribution in [2.24, 2.45) is 0 Å². The van der Waals surface area contributed by atoms with Crippen molar-refractivity contribution in [1.29, 1.82) is 10.5 Å². The topological polar surface area (TPSA) is 106 Å². The van der Waals surface area contributed by atoms with Gasteiger partial charge in [0.15, 0.2) is 0 Å². The van der Waals surface area contributed by atoms with Gasteiger partial charge in [0, 0.05) is 22.9 Å². The van der Waals surface area contributed by atoms with Gasteiger partial charge in [0.2, 0.25) is 0 Å². The Bertz CT molecular complexity index is 1400. The van der Waals surface area contributed by atoms with Crippen molar-refractivity contribution in [2.45, 2.75) is 22.9 Å². The van der Waals surface area contributed by atoms with Gasteiger partial charge in [0.1, 0.15) is 0 Å². The number of nitrogens with zero attached hydrogens (tertiary/aromatic N) is 2. The zero-order valence-corrected chi connectivity index (χ0v) is 21.8. The predicted molar refractivity (Wildman–Crippen MR) is 149 cm³/mol. The lowest BCUT2D eigenvalue weighted by Gasteiger charge is -2.12. The highest BCUT2D eigenvalue weighted by Crippen LogP contribution is 2.40. The summed E-state index contributed by atoms with van der Waals surface area (Å²) in [5, 5.41) is 23.8. The third-order valence-corrected chi connectivity index (χ3v) is 8.04. The Labute approximate surface area is 229 Å². The molecular formula is C30H22N4O2S2. The molecule has 6 nitrogen and oxygen atoms in total. The first kappa shape index (κ1) is 26.6. The van der Waals surface area contributed by atoms with Gasteiger partial charge in [0.25, 0.3) is 11.8 Å². The Morgan fingerprint density at radius 1 is 0.579 bits per heavy atom. The largest absolute Gasteiger partial charge is 0.348 e. The lowest BCUT2D eigenvalue weighted by molar-refractivity contribution is 0.0940. The number of nitrogens with one attached hydrogen (secondary N) is 2. The van der Waals surface area contributed by atoms with Crippen LogP contribution in [-0.2, 0) is 13.1 Å². The van der Waals surface area contributed by atoms with Crippen LogP contribution < -0.4 is 10.6 Å². The number of hydrogen-bond donors (Lipinski definition) is 2. The van der Waals surface area contributed by atoms with Gasteiger partial charge in [-0.05, 0) is 59.7 Å². The molecule has 4 aromatic rings. The average Bonchev–Trinajstić information content (AvgIpc) is 2.98. The van der Waals surface area contributed by atoms with Crippen LogP contribution in [0.2, 0.25) is 0 Å². The SMILES string of the molecule is N#Cc1ccc(CNC(=O)c2ccccc2SSc2ccccc2C(=O)NCc2ccc(C#N)cc2)cc1. The van der Waals surface area contributed by atoms with Gasteiger partial charge >= 0.3 is 0 Å². The van der Waals surface area contributed by atoms with Crippen LogP contribution in [0.15, 0.2) is 107 Å². The van der Waals surface area contributed by atoms with Crippen molar-refractivity contribution in [3.63, 3.8) is 0 Å². The standard InChI is InChI=1S/C30H22N4O2S2/c31-17-21-9-13-23(14-10-21)19-33-29(35)25-5-1-3-7-27(25)37-38-28-8-4-2-6-26(28)30(36)34-20-24-15-11-22(18-32)12-16-24/h1-16H,19-20H2,(H,33,35)(H,34,36). The monoisotopic (exact) mass is 534 g/mol. The fourth-order valence-electron chi connectivity index (χ4n) is 3.49. The van der Waals surface area contributed by atoms with E-state index in [1.165, 1.54) is 21.6 Å². The minimum absolute atomic E-state index is 0.202. The summed E-state index contributed by atoms with van der Waals surface area (Å²) in [6, 6.07) is 33.0. The van der Waals surface area contributed by atoms with Crippen molar-refractivity contribution in [1.82, 2.24) is 10.6 Å². The summed E-state index contributed by atoms with van der Waals surface area (Å²) in [6.45, 7) is 0.692. The van der Waals surface area contributed by atoms with Gasteiger partial charge in [-0.3, -0.25) is 9.59 Å². The summed E-state index contributed by atoms with van der Waals surface area (Å²) >= 11 is 0. The normalized spacial score (nSPS) is 10.2. The first-order valence-electron chi connectivity index (χ1n) is 11.6. The Morgan fingerprint density at radius 2 is 0.947 bits per heavy atom. The van der Waals surface area contributed by atoms with E-state index in [-0.39, 0.29) is 11.8 Å². The van der Waals surface area contributed by atoms with Gasteiger partial charge in [-0.15, -0.1) is 0 Å². The van der Waals surface area contributed by atoms with Gasteiger partial charge < -0.3 is 10.6 Å². The lowest BCUT2D eigenvalue weighted by atomic mass is 10.1. The number of benzene rings is 4. The Balaban J connectivity index is 1.39. The van der Waals surface area contributed by atoms with E-state index in [0.717, 1.165) is 20.9 Å². The fraction of sp³-hybridized carbons (Fsp3) is 0.0667. The van der Waals surface area contributed by atoms with Crippen LogP contribution >= 0.6 is 21.6 Å². The number of rotatable bonds is 9. The molecule has 186 valence electrons. The molecule has 0 radical (unpaired) electrons. The molecule has 0 aliphatic rings.